The van der Waals surface area contributed by atoms with Gasteiger partial charge >= 0.3 is 0 Å². The Hall–Kier alpha value is -1.02. The van der Waals surface area contributed by atoms with Crippen molar-refractivity contribution in [1.29, 1.82) is 0 Å². The topological polar surface area (TPSA) is 15.3 Å². The van der Waals surface area contributed by atoms with Crippen LogP contribution in [0.1, 0.15) is 30.9 Å². The van der Waals surface area contributed by atoms with E-state index in [4.69, 9.17) is 0 Å². The number of nitrogens with one attached hydrogen (secondary N) is 1. The molecule has 0 amide bonds. The Morgan fingerprint density at radius 3 is 2.65 bits per heavy atom. The second-order valence-electron chi connectivity index (χ2n) is 5.34. The van der Waals surface area contributed by atoms with E-state index in [1.807, 2.05) is 7.05 Å². The summed E-state index contributed by atoms with van der Waals surface area (Å²) in [6.07, 6.45) is 2.81. The molecule has 0 radical (unpaired) electrons. The van der Waals surface area contributed by atoms with Crippen LogP contribution in [0.3, 0.4) is 0 Å². The molecule has 1 N–H and O–H groups in total. The SMILES string of the molecule is CNCc1ccc(N(C)C(C)C2CC2)c(C)c1. The average Bonchev–Trinajstić information content (AvgIpc) is 3.12. The largest absolute Gasteiger partial charge is 0.371 e. The van der Waals surface area contributed by atoms with Gasteiger partial charge in [0.25, 0.3) is 0 Å². The monoisotopic (exact) mass is 232 g/mol. The van der Waals surface area contributed by atoms with E-state index in [0.29, 0.717) is 6.04 Å². The summed E-state index contributed by atoms with van der Waals surface area (Å²) in [4.78, 5) is 2.44. The van der Waals surface area contributed by atoms with Crippen LogP contribution in [0, 0.1) is 12.8 Å². The van der Waals surface area contributed by atoms with Gasteiger partial charge in [-0.1, -0.05) is 12.1 Å². The van der Waals surface area contributed by atoms with E-state index in [1.165, 1.54) is 29.7 Å². The molecule has 0 bridgehead atoms. The molecule has 1 aromatic rings. The van der Waals surface area contributed by atoms with Crippen molar-refractivity contribution >= 4 is 5.69 Å². The van der Waals surface area contributed by atoms with Crippen molar-refractivity contribution in [3.05, 3.63) is 29.3 Å². The molecule has 1 saturated carbocycles. The summed E-state index contributed by atoms with van der Waals surface area (Å²) >= 11 is 0. The number of hydrogen-bond donors (Lipinski definition) is 1. The number of hydrogen-bond acceptors (Lipinski definition) is 2. The van der Waals surface area contributed by atoms with E-state index in [-0.39, 0.29) is 0 Å². The normalized spacial score (nSPS) is 16.9. The van der Waals surface area contributed by atoms with E-state index < -0.39 is 0 Å². The van der Waals surface area contributed by atoms with Crippen molar-refractivity contribution < 1.29 is 0 Å². The number of nitrogens with zero attached hydrogens (tertiary/aromatic N) is 1. The van der Waals surface area contributed by atoms with E-state index in [9.17, 15) is 0 Å². The highest BCUT2D eigenvalue weighted by Gasteiger charge is 2.30. The summed E-state index contributed by atoms with van der Waals surface area (Å²) in [7, 11) is 4.22. The standard InChI is InChI=1S/C15H24N2/c1-11-9-13(10-16-3)5-8-15(11)17(4)12(2)14-6-7-14/h5,8-9,12,14,16H,6-7,10H2,1-4H3. The zero-order chi connectivity index (χ0) is 12.4. The van der Waals surface area contributed by atoms with Gasteiger partial charge in [0.1, 0.15) is 0 Å². The second kappa shape index (κ2) is 5.09. The zero-order valence-electron chi connectivity index (χ0n) is 11.5. The van der Waals surface area contributed by atoms with Gasteiger partial charge in [0.15, 0.2) is 0 Å². The van der Waals surface area contributed by atoms with Gasteiger partial charge in [-0.3, -0.25) is 0 Å². The maximum absolute atomic E-state index is 3.20. The molecule has 1 atom stereocenters. The molecule has 0 saturated heterocycles. The fraction of sp³-hybridized carbons (Fsp3) is 0.600. The summed E-state index contributed by atoms with van der Waals surface area (Å²) < 4.78 is 0. The maximum Gasteiger partial charge on any atom is 0.0396 e. The predicted molar refractivity (Wildman–Crippen MR) is 74.5 cm³/mol. The zero-order valence-corrected chi connectivity index (χ0v) is 11.5. The number of anilines is 1. The molecule has 0 spiro atoms. The Kier molecular flexibility index (Phi) is 3.72. The van der Waals surface area contributed by atoms with Gasteiger partial charge < -0.3 is 10.2 Å². The highest BCUT2D eigenvalue weighted by atomic mass is 15.1. The molecule has 2 rings (SSSR count). The van der Waals surface area contributed by atoms with Crippen LogP contribution in [-0.2, 0) is 6.54 Å². The summed E-state index contributed by atoms with van der Waals surface area (Å²) in [5.74, 6) is 0.913. The van der Waals surface area contributed by atoms with Gasteiger partial charge in [-0.05, 0) is 56.8 Å². The van der Waals surface area contributed by atoms with E-state index in [0.717, 1.165) is 12.5 Å². The van der Waals surface area contributed by atoms with Crippen molar-refractivity contribution in [1.82, 2.24) is 5.32 Å². The van der Waals surface area contributed by atoms with Crippen molar-refractivity contribution in [3.8, 4) is 0 Å². The lowest BCUT2D eigenvalue weighted by molar-refractivity contribution is 0.608. The van der Waals surface area contributed by atoms with Gasteiger partial charge in [0.2, 0.25) is 0 Å². The van der Waals surface area contributed by atoms with Gasteiger partial charge in [0.05, 0.1) is 0 Å². The van der Waals surface area contributed by atoms with Gasteiger partial charge in [-0.15, -0.1) is 0 Å². The molecule has 0 heterocycles. The molecule has 1 aliphatic carbocycles. The summed E-state index contributed by atoms with van der Waals surface area (Å²) in [6, 6.07) is 7.46. The number of benzene rings is 1. The first-order valence-corrected chi connectivity index (χ1v) is 6.60. The molecular formula is C15H24N2. The first-order chi connectivity index (χ1) is 8.13. The lowest BCUT2D eigenvalue weighted by Gasteiger charge is -2.28. The third-order valence-electron chi connectivity index (χ3n) is 3.94. The third-order valence-corrected chi connectivity index (χ3v) is 3.94. The molecular weight excluding hydrogens is 208 g/mol. The highest BCUT2D eigenvalue weighted by molar-refractivity contribution is 5.54. The average molecular weight is 232 g/mol. The van der Waals surface area contributed by atoms with Gasteiger partial charge in [-0.2, -0.15) is 0 Å². The molecule has 1 aromatic carbocycles. The molecule has 1 aliphatic rings. The third kappa shape index (κ3) is 2.81. The summed E-state index contributed by atoms with van der Waals surface area (Å²) in [5.41, 5.74) is 4.12. The lowest BCUT2D eigenvalue weighted by atomic mass is 10.1. The second-order valence-corrected chi connectivity index (χ2v) is 5.34. The summed E-state index contributed by atoms with van der Waals surface area (Å²) in [5, 5.41) is 3.20. The molecule has 17 heavy (non-hydrogen) atoms. The first-order valence-electron chi connectivity index (χ1n) is 6.60. The molecule has 2 nitrogen and oxygen atoms in total. The first kappa shape index (κ1) is 12.4. The van der Waals surface area contributed by atoms with Crippen molar-refractivity contribution in [2.45, 2.75) is 39.3 Å². The van der Waals surface area contributed by atoms with Gasteiger partial charge in [0, 0.05) is 25.3 Å². The van der Waals surface area contributed by atoms with Crippen LogP contribution >= 0.6 is 0 Å². The molecule has 94 valence electrons. The van der Waals surface area contributed by atoms with Crippen LogP contribution < -0.4 is 10.2 Å². The Balaban J connectivity index is 2.14. The maximum atomic E-state index is 3.20. The highest BCUT2D eigenvalue weighted by Crippen LogP contribution is 2.36. The van der Waals surface area contributed by atoms with Crippen LogP contribution in [0.15, 0.2) is 18.2 Å². The Morgan fingerprint density at radius 1 is 1.41 bits per heavy atom. The Labute approximate surface area is 105 Å². The van der Waals surface area contributed by atoms with Crippen LogP contribution in [0.4, 0.5) is 5.69 Å². The van der Waals surface area contributed by atoms with Crippen molar-refractivity contribution in [2.75, 3.05) is 19.0 Å². The van der Waals surface area contributed by atoms with Crippen LogP contribution in [0.25, 0.3) is 0 Å². The predicted octanol–water partition coefficient (Wildman–Crippen LogP) is 2.95. The lowest BCUT2D eigenvalue weighted by Crippen LogP contribution is -2.31. The molecule has 2 heteroatoms. The Morgan fingerprint density at radius 2 is 2.12 bits per heavy atom. The number of aryl methyl sites for hydroxylation is 1. The quantitative estimate of drug-likeness (QED) is 0.839. The Bertz CT molecular complexity index is 383. The smallest absolute Gasteiger partial charge is 0.0396 e. The van der Waals surface area contributed by atoms with E-state index in [1.54, 1.807) is 0 Å². The van der Waals surface area contributed by atoms with Crippen molar-refractivity contribution in [3.63, 3.8) is 0 Å². The molecule has 1 fully saturated rings. The van der Waals surface area contributed by atoms with Gasteiger partial charge in [-0.25, -0.2) is 0 Å². The summed E-state index contributed by atoms with van der Waals surface area (Å²) in [6.45, 7) is 5.51. The fourth-order valence-electron chi connectivity index (χ4n) is 2.54. The van der Waals surface area contributed by atoms with Crippen LogP contribution in [0.2, 0.25) is 0 Å². The minimum Gasteiger partial charge on any atom is -0.371 e. The van der Waals surface area contributed by atoms with Crippen LogP contribution in [-0.4, -0.2) is 20.1 Å². The molecule has 0 aliphatic heterocycles. The van der Waals surface area contributed by atoms with Crippen LogP contribution in [0.5, 0.6) is 0 Å². The molecule has 0 aromatic heterocycles. The van der Waals surface area contributed by atoms with Crippen molar-refractivity contribution in [2.24, 2.45) is 5.92 Å². The fourth-order valence-corrected chi connectivity index (χ4v) is 2.54. The number of rotatable bonds is 5. The van der Waals surface area contributed by atoms with E-state index >= 15 is 0 Å². The van der Waals surface area contributed by atoms with E-state index in [2.05, 4.69) is 49.3 Å². The molecule has 1 unspecified atom stereocenters. The minimum atomic E-state index is 0.670. The minimum absolute atomic E-state index is 0.670.